The summed E-state index contributed by atoms with van der Waals surface area (Å²) in [4.78, 5) is 4.10. The molecule has 1 aromatic heterocycles. The molecule has 1 aromatic rings. The Morgan fingerprint density at radius 2 is 2.41 bits per heavy atom. The molecule has 92 valence electrons. The summed E-state index contributed by atoms with van der Waals surface area (Å²) in [5.74, 6) is 0.753. The largest absolute Gasteiger partial charge is 0.490 e. The molecular formula is C13H17FN2O. The van der Waals surface area contributed by atoms with Crippen molar-refractivity contribution in [1.29, 1.82) is 0 Å². The van der Waals surface area contributed by atoms with Crippen molar-refractivity contribution in [1.82, 2.24) is 10.3 Å². The highest BCUT2D eigenvalue weighted by Gasteiger charge is 2.08. The van der Waals surface area contributed by atoms with E-state index in [1.165, 1.54) is 0 Å². The second-order valence-corrected chi connectivity index (χ2v) is 4.08. The predicted octanol–water partition coefficient (Wildman–Crippen LogP) is 1.89. The third kappa shape index (κ3) is 3.82. The molecule has 1 aliphatic rings. The van der Waals surface area contributed by atoms with Gasteiger partial charge in [0.15, 0.2) is 0 Å². The first kappa shape index (κ1) is 12.0. The predicted molar refractivity (Wildman–Crippen MR) is 65.0 cm³/mol. The molecule has 1 atom stereocenters. The molecular weight excluding hydrogens is 219 g/mol. The molecule has 0 amide bonds. The van der Waals surface area contributed by atoms with Gasteiger partial charge in [0.1, 0.15) is 12.4 Å². The number of hydrogen-bond acceptors (Lipinski definition) is 3. The Hall–Kier alpha value is -1.42. The molecule has 0 spiro atoms. The zero-order valence-electron chi connectivity index (χ0n) is 9.73. The maximum Gasteiger partial charge on any atom is 0.137 e. The van der Waals surface area contributed by atoms with Crippen LogP contribution in [0.4, 0.5) is 4.39 Å². The second kappa shape index (κ2) is 6.35. The highest BCUT2D eigenvalue weighted by Crippen LogP contribution is 2.13. The van der Waals surface area contributed by atoms with Gasteiger partial charge in [0.25, 0.3) is 0 Å². The van der Waals surface area contributed by atoms with E-state index in [1.54, 1.807) is 12.4 Å². The van der Waals surface area contributed by atoms with Crippen LogP contribution in [0.1, 0.15) is 12.0 Å². The molecule has 4 heteroatoms. The molecule has 17 heavy (non-hydrogen) atoms. The third-order valence-electron chi connectivity index (χ3n) is 2.66. The third-order valence-corrected chi connectivity index (χ3v) is 2.66. The molecule has 2 rings (SSSR count). The maximum atomic E-state index is 12.1. The van der Waals surface area contributed by atoms with E-state index < -0.39 is 0 Å². The molecule has 3 nitrogen and oxygen atoms in total. The van der Waals surface area contributed by atoms with Crippen molar-refractivity contribution in [3.63, 3.8) is 0 Å². The Kier molecular flexibility index (Phi) is 4.50. The van der Waals surface area contributed by atoms with E-state index in [-0.39, 0.29) is 12.7 Å². The number of nitrogens with zero attached hydrogens (tertiary/aromatic N) is 1. The summed E-state index contributed by atoms with van der Waals surface area (Å²) in [6, 6.07) is 2.21. The molecule has 0 radical (unpaired) electrons. The van der Waals surface area contributed by atoms with Gasteiger partial charge < -0.3 is 10.1 Å². The van der Waals surface area contributed by atoms with Crippen LogP contribution in [0.5, 0.6) is 5.75 Å². The van der Waals surface area contributed by atoms with Gasteiger partial charge in [-0.25, -0.2) is 0 Å². The fraction of sp³-hybridized carbons (Fsp3) is 0.462. The van der Waals surface area contributed by atoms with E-state index in [0.717, 1.165) is 17.9 Å². The van der Waals surface area contributed by atoms with Gasteiger partial charge in [-0.1, -0.05) is 12.2 Å². The smallest absolute Gasteiger partial charge is 0.137 e. The normalized spacial score (nSPS) is 18.5. The Balaban J connectivity index is 1.84. The molecule has 2 heterocycles. The van der Waals surface area contributed by atoms with E-state index in [9.17, 15) is 4.39 Å². The number of rotatable bonds is 6. The maximum absolute atomic E-state index is 12.1. The van der Waals surface area contributed by atoms with Crippen LogP contribution < -0.4 is 10.1 Å². The van der Waals surface area contributed by atoms with Crippen molar-refractivity contribution in [2.75, 3.05) is 19.8 Å². The average molecular weight is 236 g/mol. The molecule has 0 aromatic carbocycles. The zero-order chi connectivity index (χ0) is 11.9. The fourth-order valence-corrected chi connectivity index (χ4v) is 1.77. The first-order chi connectivity index (χ1) is 8.38. The number of ether oxygens (including phenoxy) is 1. The lowest BCUT2D eigenvalue weighted by atomic mass is 10.2. The number of aromatic nitrogens is 1. The number of pyridine rings is 1. The van der Waals surface area contributed by atoms with Crippen molar-refractivity contribution >= 4 is 0 Å². The summed E-state index contributed by atoms with van der Waals surface area (Å²) in [6.45, 7) is 1.22. The Morgan fingerprint density at radius 3 is 3.18 bits per heavy atom. The average Bonchev–Trinajstić information content (AvgIpc) is 2.87. The minimum atomic E-state index is -0.290. The number of aryl methyl sites for hydroxylation is 1. The van der Waals surface area contributed by atoms with Crippen LogP contribution in [-0.4, -0.2) is 30.9 Å². The van der Waals surface area contributed by atoms with E-state index in [1.807, 2.05) is 6.07 Å². The number of nitrogens with one attached hydrogen (secondary N) is 1. The highest BCUT2D eigenvalue weighted by atomic mass is 19.1. The van der Waals surface area contributed by atoms with E-state index in [0.29, 0.717) is 19.4 Å². The van der Waals surface area contributed by atoms with Crippen LogP contribution in [0.25, 0.3) is 0 Å². The summed E-state index contributed by atoms with van der Waals surface area (Å²) < 4.78 is 17.7. The van der Waals surface area contributed by atoms with E-state index in [2.05, 4.69) is 22.5 Å². The van der Waals surface area contributed by atoms with Gasteiger partial charge >= 0.3 is 0 Å². The first-order valence-corrected chi connectivity index (χ1v) is 5.91. The van der Waals surface area contributed by atoms with Crippen molar-refractivity contribution < 1.29 is 9.13 Å². The molecule has 1 N–H and O–H groups in total. The van der Waals surface area contributed by atoms with Gasteiger partial charge in [0.2, 0.25) is 0 Å². The Labute approximate surface area is 101 Å². The molecule has 1 unspecified atom stereocenters. The highest BCUT2D eigenvalue weighted by molar-refractivity contribution is 5.24. The van der Waals surface area contributed by atoms with E-state index in [4.69, 9.17) is 4.74 Å². The van der Waals surface area contributed by atoms with Gasteiger partial charge in [-0.15, -0.1) is 0 Å². The summed E-state index contributed by atoms with van der Waals surface area (Å²) in [7, 11) is 0. The van der Waals surface area contributed by atoms with Crippen LogP contribution in [0.15, 0.2) is 30.6 Å². The topological polar surface area (TPSA) is 34.1 Å². The van der Waals surface area contributed by atoms with Crippen molar-refractivity contribution in [3.8, 4) is 5.75 Å². The lowest BCUT2D eigenvalue weighted by Gasteiger charge is -2.11. The lowest BCUT2D eigenvalue weighted by Crippen LogP contribution is -2.28. The molecule has 1 aliphatic heterocycles. The summed E-state index contributed by atoms with van der Waals surface area (Å²) in [5.41, 5.74) is 1.02. The van der Waals surface area contributed by atoms with Crippen molar-refractivity contribution in [2.45, 2.75) is 18.9 Å². The summed E-state index contributed by atoms with van der Waals surface area (Å²) >= 11 is 0. The van der Waals surface area contributed by atoms with Crippen LogP contribution in [0.2, 0.25) is 0 Å². The monoisotopic (exact) mass is 236 g/mol. The number of halogens is 1. The molecule has 0 bridgehead atoms. The van der Waals surface area contributed by atoms with Crippen LogP contribution in [-0.2, 0) is 6.42 Å². The van der Waals surface area contributed by atoms with Gasteiger partial charge in [-0.2, -0.15) is 0 Å². The molecule has 0 saturated carbocycles. The van der Waals surface area contributed by atoms with Gasteiger partial charge in [0, 0.05) is 12.7 Å². The Morgan fingerprint density at radius 1 is 1.47 bits per heavy atom. The van der Waals surface area contributed by atoms with Crippen molar-refractivity contribution in [3.05, 3.63) is 36.2 Å². The van der Waals surface area contributed by atoms with E-state index >= 15 is 0 Å². The van der Waals surface area contributed by atoms with Gasteiger partial charge in [0.05, 0.1) is 18.9 Å². The Bertz CT molecular complexity index is 381. The standard InChI is InChI=1S/C13H17FN2O/c14-5-1-3-11-7-13(9-15-8-11)17-10-12-4-2-6-16-12/h2,4,7-9,12,16H,1,3,5-6,10H2. The lowest BCUT2D eigenvalue weighted by molar-refractivity contribution is 0.292. The number of hydrogen-bond donors (Lipinski definition) is 1. The quantitative estimate of drug-likeness (QED) is 0.766. The van der Waals surface area contributed by atoms with Gasteiger partial charge in [-0.3, -0.25) is 9.37 Å². The SMILES string of the molecule is FCCCc1cncc(OCC2C=CCN2)c1. The van der Waals surface area contributed by atoms with Crippen molar-refractivity contribution in [2.24, 2.45) is 0 Å². The second-order valence-electron chi connectivity index (χ2n) is 4.08. The van der Waals surface area contributed by atoms with Crippen LogP contribution in [0.3, 0.4) is 0 Å². The minimum absolute atomic E-state index is 0.282. The molecule has 0 saturated heterocycles. The van der Waals surface area contributed by atoms with Gasteiger partial charge in [-0.05, 0) is 24.5 Å². The van der Waals surface area contributed by atoms with Crippen LogP contribution >= 0.6 is 0 Å². The van der Waals surface area contributed by atoms with Crippen LogP contribution in [0, 0.1) is 0 Å². The zero-order valence-corrected chi connectivity index (χ0v) is 9.73. The summed E-state index contributed by atoms with van der Waals surface area (Å²) in [6.07, 6.45) is 8.89. The summed E-state index contributed by atoms with van der Waals surface area (Å²) in [5, 5.41) is 3.27. The molecule has 0 fully saturated rings. The number of alkyl halides is 1. The molecule has 0 aliphatic carbocycles. The first-order valence-electron chi connectivity index (χ1n) is 5.91. The fourth-order valence-electron chi connectivity index (χ4n) is 1.77. The minimum Gasteiger partial charge on any atom is -0.490 e.